The zero-order valence-corrected chi connectivity index (χ0v) is 16.2. The van der Waals surface area contributed by atoms with Gasteiger partial charge in [0.05, 0.1) is 6.61 Å². The first kappa shape index (κ1) is 20.5. The monoisotopic (exact) mass is 384 g/mol. The smallest absolute Gasteiger partial charge is 0.251 e. The highest BCUT2D eigenvalue weighted by molar-refractivity contribution is 5.94. The van der Waals surface area contributed by atoms with E-state index < -0.39 is 0 Å². The minimum Gasteiger partial charge on any atom is -0.377 e. The molecule has 2 aromatic carbocycles. The highest BCUT2D eigenvalue weighted by Gasteiger charge is 2.25. The molecule has 1 saturated heterocycles. The van der Waals surface area contributed by atoms with Crippen molar-refractivity contribution in [3.05, 3.63) is 71.5 Å². The highest BCUT2D eigenvalue weighted by Crippen LogP contribution is 2.21. The van der Waals surface area contributed by atoms with Gasteiger partial charge >= 0.3 is 0 Å². The van der Waals surface area contributed by atoms with Gasteiger partial charge in [0, 0.05) is 18.2 Å². The van der Waals surface area contributed by atoms with E-state index in [4.69, 9.17) is 4.74 Å². The fourth-order valence-electron chi connectivity index (χ4n) is 3.69. The summed E-state index contributed by atoms with van der Waals surface area (Å²) in [5.74, 6) is -0.00414. The summed E-state index contributed by atoms with van der Waals surface area (Å²) in [5, 5.41) is 6.56. The summed E-state index contributed by atoms with van der Waals surface area (Å²) >= 11 is 0. The second-order valence-electron chi connectivity index (χ2n) is 7.35. The standard InChI is InChI=1S/C23H29FN2O2/c24-21-10-8-20(9-11-21)23(27)26-22(19-12-14-25-15-13-19)7-4-16-28-17-18-5-2-1-3-6-18/h1-3,5-6,8-11,19,22,25H,4,7,12-17H2,(H,26,27)/t22-/m1/s1. The lowest BCUT2D eigenvalue weighted by Gasteiger charge is -2.31. The van der Waals surface area contributed by atoms with Gasteiger partial charge in [0.25, 0.3) is 5.91 Å². The number of carbonyl (C=O) groups excluding carboxylic acids is 1. The van der Waals surface area contributed by atoms with Crippen molar-refractivity contribution in [1.82, 2.24) is 10.6 Å². The molecule has 0 saturated carbocycles. The zero-order valence-electron chi connectivity index (χ0n) is 16.2. The predicted octanol–water partition coefficient (Wildman–Crippen LogP) is 3.92. The van der Waals surface area contributed by atoms with Crippen LogP contribution in [-0.4, -0.2) is 31.6 Å². The van der Waals surface area contributed by atoms with Gasteiger partial charge in [-0.25, -0.2) is 4.39 Å². The zero-order chi connectivity index (χ0) is 19.6. The molecule has 1 fully saturated rings. The van der Waals surface area contributed by atoms with E-state index in [-0.39, 0.29) is 17.8 Å². The summed E-state index contributed by atoms with van der Waals surface area (Å²) in [6.07, 6.45) is 3.88. The Labute approximate surface area is 166 Å². The highest BCUT2D eigenvalue weighted by atomic mass is 19.1. The van der Waals surface area contributed by atoms with Gasteiger partial charge in [0.15, 0.2) is 0 Å². The summed E-state index contributed by atoms with van der Waals surface area (Å²) in [6.45, 7) is 3.25. The van der Waals surface area contributed by atoms with E-state index >= 15 is 0 Å². The molecule has 1 aliphatic heterocycles. The van der Waals surface area contributed by atoms with Gasteiger partial charge in [0.2, 0.25) is 0 Å². The molecule has 0 aromatic heterocycles. The van der Waals surface area contributed by atoms with Crippen molar-refractivity contribution in [2.24, 2.45) is 5.92 Å². The van der Waals surface area contributed by atoms with Crippen molar-refractivity contribution in [2.75, 3.05) is 19.7 Å². The van der Waals surface area contributed by atoms with Crippen molar-refractivity contribution in [1.29, 1.82) is 0 Å². The summed E-state index contributed by atoms with van der Waals surface area (Å²) in [7, 11) is 0. The number of nitrogens with one attached hydrogen (secondary N) is 2. The molecule has 5 heteroatoms. The van der Waals surface area contributed by atoms with Crippen LogP contribution in [0.2, 0.25) is 0 Å². The van der Waals surface area contributed by atoms with Crippen LogP contribution < -0.4 is 10.6 Å². The van der Waals surface area contributed by atoms with E-state index in [0.717, 1.165) is 38.8 Å². The molecular formula is C23H29FN2O2. The Bertz CT molecular complexity index is 715. The molecule has 1 amide bonds. The second kappa shape index (κ2) is 10.9. The lowest BCUT2D eigenvalue weighted by Crippen LogP contribution is -2.44. The quantitative estimate of drug-likeness (QED) is 0.644. The third-order valence-corrected chi connectivity index (χ3v) is 5.29. The molecule has 28 heavy (non-hydrogen) atoms. The number of hydrogen-bond donors (Lipinski definition) is 2. The molecule has 0 aliphatic carbocycles. The van der Waals surface area contributed by atoms with Crippen LogP contribution in [0.4, 0.5) is 4.39 Å². The number of hydrogen-bond acceptors (Lipinski definition) is 3. The lowest BCUT2D eigenvalue weighted by molar-refractivity contribution is 0.0886. The average Bonchev–Trinajstić information content (AvgIpc) is 2.74. The maximum atomic E-state index is 13.1. The van der Waals surface area contributed by atoms with Gasteiger partial charge < -0.3 is 15.4 Å². The predicted molar refractivity (Wildman–Crippen MR) is 109 cm³/mol. The average molecular weight is 384 g/mol. The lowest BCUT2D eigenvalue weighted by atomic mass is 9.87. The third kappa shape index (κ3) is 6.43. The van der Waals surface area contributed by atoms with E-state index in [1.54, 1.807) is 0 Å². The minimum atomic E-state index is -0.331. The third-order valence-electron chi connectivity index (χ3n) is 5.29. The number of carbonyl (C=O) groups is 1. The van der Waals surface area contributed by atoms with Crippen LogP contribution in [0.15, 0.2) is 54.6 Å². The maximum Gasteiger partial charge on any atom is 0.251 e. The SMILES string of the molecule is O=C(N[C@H](CCCOCc1ccccc1)C1CCNCC1)c1ccc(F)cc1. The van der Waals surface area contributed by atoms with Gasteiger partial charge in [-0.15, -0.1) is 0 Å². The van der Waals surface area contributed by atoms with E-state index in [2.05, 4.69) is 22.8 Å². The van der Waals surface area contributed by atoms with Crippen molar-refractivity contribution in [2.45, 2.75) is 38.3 Å². The van der Waals surface area contributed by atoms with Crippen molar-refractivity contribution in [3.63, 3.8) is 0 Å². The first-order chi connectivity index (χ1) is 13.7. The molecule has 3 rings (SSSR count). The molecule has 0 radical (unpaired) electrons. The van der Waals surface area contributed by atoms with Gasteiger partial charge in [-0.1, -0.05) is 30.3 Å². The molecule has 0 unspecified atom stereocenters. The molecule has 0 spiro atoms. The summed E-state index contributed by atoms with van der Waals surface area (Å²) in [6, 6.07) is 16.0. The van der Waals surface area contributed by atoms with Gasteiger partial charge in [-0.3, -0.25) is 4.79 Å². The number of amides is 1. The molecule has 0 bridgehead atoms. The number of piperidine rings is 1. The van der Waals surface area contributed by atoms with Crippen LogP contribution in [0.25, 0.3) is 0 Å². The molecule has 2 aromatic rings. The van der Waals surface area contributed by atoms with E-state index in [9.17, 15) is 9.18 Å². The van der Waals surface area contributed by atoms with Gasteiger partial charge in [-0.2, -0.15) is 0 Å². The Kier molecular flexibility index (Phi) is 8.00. The normalized spacial score (nSPS) is 15.9. The topological polar surface area (TPSA) is 50.4 Å². The molecule has 150 valence electrons. The first-order valence-corrected chi connectivity index (χ1v) is 10.1. The van der Waals surface area contributed by atoms with Crippen LogP contribution in [0.3, 0.4) is 0 Å². The number of benzene rings is 2. The molecule has 1 aliphatic rings. The Hall–Kier alpha value is -2.24. The molecule has 4 nitrogen and oxygen atoms in total. The van der Waals surface area contributed by atoms with Crippen molar-refractivity contribution < 1.29 is 13.9 Å². The first-order valence-electron chi connectivity index (χ1n) is 10.1. The Balaban J connectivity index is 1.50. The minimum absolute atomic E-state index is 0.111. The largest absolute Gasteiger partial charge is 0.377 e. The molecule has 2 N–H and O–H groups in total. The van der Waals surface area contributed by atoms with Crippen molar-refractivity contribution in [3.8, 4) is 0 Å². The number of halogens is 1. The van der Waals surface area contributed by atoms with Crippen LogP contribution in [0.1, 0.15) is 41.6 Å². The fourth-order valence-corrected chi connectivity index (χ4v) is 3.69. The number of rotatable bonds is 9. The second-order valence-corrected chi connectivity index (χ2v) is 7.35. The summed E-state index contributed by atoms with van der Waals surface area (Å²) in [5.41, 5.74) is 1.67. The molecule has 1 heterocycles. The Morgan fingerprint density at radius 1 is 1.11 bits per heavy atom. The molecule has 1 atom stereocenters. The van der Waals surface area contributed by atoms with Gasteiger partial charge in [0.1, 0.15) is 5.82 Å². The van der Waals surface area contributed by atoms with Crippen LogP contribution in [-0.2, 0) is 11.3 Å². The van der Waals surface area contributed by atoms with Gasteiger partial charge in [-0.05, 0) is 74.5 Å². The maximum absolute atomic E-state index is 13.1. The van der Waals surface area contributed by atoms with E-state index in [1.165, 1.54) is 29.8 Å². The molecular weight excluding hydrogens is 355 g/mol. The number of ether oxygens (including phenoxy) is 1. The Morgan fingerprint density at radius 3 is 2.54 bits per heavy atom. The van der Waals surface area contributed by atoms with E-state index in [1.807, 2.05) is 18.2 Å². The van der Waals surface area contributed by atoms with Crippen LogP contribution in [0, 0.1) is 11.7 Å². The van der Waals surface area contributed by atoms with Crippen molar-refractivity contribution >= 4 is 5.91 Å². The summed E-state index contributed by atoms with van der Waals surface area (Å²) in [4.78, 5) is 12.6. The Morgan fingerprint density at radius 2 is 1.82 bits per heavy atom. The van der Waals surface area contributed by atoms with E-state index in [0.29, 0.717) is 24.7 Å². The fraction of sp³-hybridized carbons (Fsp3) is 0.435. The van der Waals surface area contributed by atoms with Crippen LogP contribution in [0.5, 0.6) is 0 Å². The summed E-state index contributed by atoms with van der Waals surface area (Å²) < 4.78 is 18.9. The van der Waals surface area contributed by atoms with Crippen LogP contribution >= 0.6 is 0 Å².